The van der Waals surface area contributed by atoms with Gasteiger partial charge in [-0.25, -0.2) is 14.6 Å². The van der Waals surface area contributed by atoms with Gasteiger partial charge in [0, 0.05) is 17.2 Å². The van der Waals surface area contributed by atoms with E-state index in [1.807, 2.05) is 0 Å². The van der Waals surface area contributed by atoms with Crippen molar-refractivity contribution in [2.24, 2.45) is 0 Å². The van der Waals surface area contributed by atoms with E-state index in [1.165, 1.54) is 19.4 Å². The Morgan fingerprint density at radius 1 is 1.39 bits per heavy atom. The second-order valence-electron chi connectivity index (χ2n) is 4.43. The van der Waals surface area contributed by atoms with Gasteiger partial charge in [0.05, 0.1) is 7.11 Å². The molecule has 1 rings (SSSR count). The van der Waals surface area contributed by atoms with Crippen molar-refractivity contribution in [3.63, 3.8) is 0 Å². The number of nitrogens with zero attached hydrogens (tertiary/aromatic N) is 1. The zero-order valence-electron chi connectivity index (χ0n) is 10.7. The maximum Gasteiger partial charge on any atom is 0.367 e. The number of methoxy groups -OCH3 is 1. The summed E-state index contributed by atoms with van der Waals surface area (Å²) in [5, 5.41) is 0.251. The van der Waals surface area contributed by atoms with Crippen LogP contribution in [0.25, 0.3) is 6.08 Å². The first-order chi connectivity index (χ1) is 8.31. The normalized spacial score (nSPS) is 11.6. The van der Waals surface area contributed by atoms with Gasteiger partial charge < -0.3 is 9.47 Å². The van der Waals surface area contributed by atoms with Gasteiger partial charge in [0.1, 0.15) is 5.60 Å². The van der Waals surface area contributed by atoms with Crippen molar-refractivity contribution in [3.8, 4) is 0 Å². The van der Waals surface area contributed by atoms with Gasteiger partial charge in [-0.2, -0.15) is 0 Å². The molecule has 0 spiro atoms. The number of aromatic nitrogens is 1. The number of hydrogen-bond donors (Lipinski definition) is 0. The van der Waals surface area contributed by atoms with Crippen molar-refractivity contribution in [1.29, 1.82) is 0 Å². The van der Waals surface area contributed by atoms with Gasteiger partial charge in [0.2, 0.25) is 5.01 Å². The Bertz CT molecular complexity index is 471. The van der Waals surface area contributed by atoms with E-state index in [9.17, 15) is 9.59 Å². The van der Waals surface area contributed by atoms with Crippen LogP contribution in [0.4, 0.5) is 0 Å². The molecular formula is C12H15NO4S. The minimum atomic E-state index is -0.522. The maximum atomic E-state index is 11.4. The molecule has 0 amide bonds. The van der Waals surface area contributed by atoms with E-state index in [4.69, 9.17) is 4.74 Å². The summed E-state index contributed by atoms with van der Waals surface area (Å²) < 4.78 is 9.64. The summed E-state index contributed by atoms with van der Waals surface area (Å²) in [5.74, 6) is -0.924. The van der Waals surface area contributed by atoms with Crippen molar-refractivity contribution in [3.05, 3.63) is 22.2 Å². The average molecular weight is 269 g/mol. The fourth-order valence-corrected chi connectivity index (χ4v) is 1.77. The van der Waals surface area contributed by atoms with E-state index >= 15 is 0 Å². The van der Waals surface area contributed by atoms with Gasteiger partial charge in [0.25, 0.3) is 0 Å². The number of hydrogen-bond acceptors (Lipinski definition) is 6. The Balaban J connectivity index is 2.65. The first kappa shape index (κ1) is 14.4. The van der Waals surface area contributed by atoms with Crippen LogP contribution < -0.4 is 0 Å². The third-order valence-electron chi connectivity index (χ3n) is 1.67. The lowest BCUT2D eigenvalue weighted by Crippen LogP contribution is -2.22. The molecule has 0 atom stereocenters. The highest BCUT2D eigenvalue weighted by atomic mass is 32.1. The Morgan fingerprint density at radius 2 is 2.06 bits per heavy atom. The third-order valence-corrected chi connectivity index (χ3v) is 2.62. The summed E-state index contributed by atoms with van der Waals surface area (Å²) in [7, 11) is 1.29. The van der Waals surface area contributed by atoms with Crippen molar-refractivity contribution >= 4 is 29.4 Å². The second-order valence-corrected chi connectivity index (χ2v) is 5.49. The van der Waals surface area contributed by atoms with Crippen LogP contribution >= 0.6 is 11.3 Å². The minimum absolute atomic E-state index is 0.251. The van der Waals surface area contributed by atoms with Crippen LogP contribution in [-0.2, 0) is 14.3 Å². The second kappa shape index (κ2) is 5.77. The molecule has 0 unspecified atom stereocenters. The van der Waals surface area contributed by atoms with Crippen LogP contribution in [0, 0.1) is 0 Å². The van der Waals surface area contributed by atoms with E-state index in [2.05, 4.69) is 9.72 Å². The van der Waals surface area contributed by atoms with Crippen molar-refractivity contribution in [2.75, 3.05) is 7.11 Å². The SMILES string of the molecule is COC(=O)c1ncc(/C=C/C(=O)OC(C)(C)C)s1. The molecule has 0 saturated heterocycles. The molecule has 0 bridgehead atoms. The monoisotopic (exact) mass is 269 g/mol. The van der Waals surface area contributed by atoms with Gasteiger partial charge in [-0.1, -0.05) is 0 Å². The molecule has 0 aliphatic carbocycles. The third kappa shape index (κ3) is 4.67. The first-order valence-corrected chi connectivity index (χ1v) is 6.08. The largest absolute Gasteiger partial charge is 0.464 e. The van der Waals surface area contributed by atoms with Crippen LogP contribution in [0.3, 0.4) is 0 Å². The standard InChI is InChI=1S/C12H15NO4S/c1-12(2,3)17-9(14)6-5-8-7-13-10(18-8)11(15)16-4/h5-7H,1-4H3/b6-5+. The van der Waals surface area contributed by atoms with E-state index in [-0.39, 0.29) is 5.01 Å². The predicted octanol–water partition coefficient (Wildman–Crippen LogP) is 2.28. The lowest BCUT2D eigenvalue weighted by atomic mass is 10.2. The molecule has 0 aliphatic rings. The predicted molar refractivity (Wildman–Crippen MR) is 68.3 cm³/mol. The van der Waals surface area contributed by atoms with Gasteiger partial charge >= 0.3 is 11.9 Å². The zero-order chi connectivity index (χ0) is 13.8. The van der Waals surface area contributed by atoms with Crippen LogP contribution in [0.15, 0.2) is 12.3 Å². The van der Waals surface area contributed by atoms with Crippen LogP contribution in [0.1, 0.15) is 35.5 Å². The van der Waals surface area contributed by atoms with Crippen molar-refractivity contribution < 1.29 is 19.1 Å². The highest BCUT2D eigenvalue weighted by Crippen LogP contribution is 2.16. The summed E-state index contributed by atoms with van der Waals surface area (Å²) in [4.78, 5) is 27.1. The first-order valence-electron chi connectivity index (χ1n) is 5.27. The van der Waals surface area contributed by atoms with Crippen molar-refractivity contribution in [1.82, 2.24) is 4.98 Å². The zero-order valence-corrected chi connectivity index (χ0v) is 11.5. The van der Waals surface area contributed by atoms with Crippen molar-refractivity contribution in [2.45, 2.75) is 26.4 Å². The summed E-state index contributed by atoms with van der Waals surface area (Å²) in [6.07, 6.45) is 4.36. The summed E-state index contributed by atoms with van der Waals surface area (Å²) in [6, 6.07) is 0. The topological polar surface area (TPSA) is 65.5 Å². The molecule has 18 heavy (non-hydrogen) atoms. The Morgan fingerprint density at radius 3 is 2.61 bits per heavy atom. The molecule has 0 fully saturated rings. The van der Waals surface area contributed by atoms with Gasteiger partial charge in [0.15, 0.2) is 0 Å². The number of carbonyl (C=O) groups is 2. The minimum Gasteiger partial charge on any atom is -0.464 e. The van der Waals surface area contributed by atoms with Crippen LogP contribution in [0.2, 0.25) is 0 Å². The fourth-order valence-electron chi connectivity index (χ4n) is 1.03. The van der Waals surface area contributed by atoms with Crippen LogP contribution in [-0.4, -0.2) is 29.6 Å². The molecule has 5 nitrogen and oxygen atoms in total. The molecule has 0 aliphatic heterocycles. The summed E-state index contributed by atoms with van der Waals surface area (Å²) in [5.41, 5.74) is -0.522. The molecule has 1 aromatic rings. The highest BCUT2D eigenvalue weighted by molar-refractivity contribution is 7.14. The quantitative estimate of drug-likeness (QED) is 0.622. The number of esters is 2. The van der Waals surface area contributed by atoms with E-state index in [1.54, 1.807) is 26.8 Å². The summed E-state index contributed by atoms with van der Waals surface area (Å²) >= 11 is 1.15. The fraction of sp³-hybridized carbons (Fsp3) is 0.417. The Kier molecular flexibility index (Phi) is 4.61. The molecular weight excluding hydrogens is 254 g/mol. The molecule has 0 aromatic carbocycles. The van der Waals surface area contributed by atoms with Gasteiger partial charge in [-0.3, -0.25) is 0 Å². The average Bonchev–Trinajstić information content (AvgIpc) is 2.71. The lowest BCUT2D eigenvalue weighted by molar-refractivity contribution is -0.148. The van der Waals surface area contributed by atoms with E-state index < -0.39 is 17.5 Å². The molecule has 0 saturated carbocycles. The maximum absolute atomic E-state index is 11.4. The van der Waals surface area contributed by atoms with Crippen LogP contribution in [0.5, 0.6) is 0 Å². The molecule has 0 radical (unpaired) electrons. The van der Waals surface area contributed by atoms with Gasteiger partial charge in [-0.05, 0) is 26.8 Å². The van der Waals surface area contributed by atoms with E-state index in [0.717, 1.165) is 11.3 Å². The lowest BCUT2D eigenvalue weighted by Gasteiger charge is -2.17. The number of ether oxygens (including phenoxy) is 2. The van der Waals surface area contributed by atoms with E-state index in [0.29, 0.717) is 4.88 Å². The Labute approximate surface area is 109 Å². The molecule has 0 N–H and O–H groups in total. The number of carbonyl (C=O) groups excluding carboxylic acids is 2. The molecule has 98 valence electrons. The molecule has 6 heteroatoms. The Hall–Kier alpha value is -1.69. The smallest absolute Gasteiger partial charge is 0.367 e. The molecule has 1 aromatic heterocycles. The number of rotatable bonds is 3. The molecule has 1 heterocycles. The van der Waals surface area contributed by atoms with Gasteiger partial charge in [-0.15, -0.1) is 11.3 Å². The number of thiazole rings is 1. The highest BCUT2D eigenvalue weighted by Gasteiger charge is 2.14. The summed E-state index contributed by atoms with van der Waals surface area (Å²) in [6.45, 7) is 5.38.